The van der Waals surface area contributed by atoms with Crippen LogP contribution in [0.2, 0.25) is 0 Å². The van der Waals surface area contributed by atoms with Crippen LogP contribution in [0.25, 0.3) is 0 Å². The van der Waals surface area contributed by atoms with E-state index in [1.54, 1.807) is 29.2 Å². The van der Waals surface area contributed by atoms with Crippen molar-refractivity contribution in [2.24, 2.45) is 5.92 Å². The molecule has 8 nitrogen and oxygen atoms in total. The maximum atomic E-state index is 13.8. The predicted molar refractivity (Wildman–Crippen MR) is 146 cm³/mol. The number of hydrogen-bond acceptors (Lipinski definition) is 7. The fourth-order valence-electron chi connectivity index (χ4n) is 5.60. The number of thiazole rings is 1. The van der Waals surface area contributed by atoms with Crippen molar-refractivity contribution >= 4 is 46.5 Å². The molecule has 4 heterocycles. The normalized spacial score (nSPS) is 22.5. The van der Waals surface area contributed by atoms with Crippen molar-refractivity contribution in [1.29, 1.82) is 0 Å². The van der Waals surface area contributed by atoms with Crippen LogP contribution in [0.1, 0.15) is 41.2 Å². The molecule has 2 unspecified atom stereocenters. The first-order valence-corrected chi connectivity index (χ1v) is 14.8. The number of nitrogens with zero attached hydrogens (tertiary/aromatic N) is 2. The molecule has 41 heavy (non-hydrogen) atoms. The van der Waals surface area contributed by atoms with E-state index in [1.165, 1.54) is 6.07 Å². The Hall–Kier alpha value is -3.58. The van der Waals surface area contributed by atoms with E-state index < -0.39 is 40.6 Å². The van der Waals surface area contributed by atoms with Crippen LogP contribution in [-0.4, -0.2) is 52.6 Å². The highest BCUT2D eigenvalue weighted by Gasteiger charge is 2.56. The van der Waals surface area contributed by atoms with Crippen LogP contribution in [0.3, 0.4) is 0 Å². The average Bonchev–Trinajstić information content (AvgIpc) is 3.46. The van der Waals surface area contributed by atoms with E-state index in [0.29, 0.717) is 21.2 Å². The number of likely N-dealkylation sites (tertiary alicyclic amines) is 1. The topological polar surface area (TPSA) is 99.8 Å². The highest BCUT2D eigenvalue weighted by Crippen LogP contribution is 2.53. The minimum absolute atomic E-state index is 0.0904. The zero-order valence-electron chi connectivity index (χ0n) is 21.5. The van der Waals surface area contributed by atoms with Crippen molar-refractivity contribution in [3.05, 3.63) is 74.2 Å². The van der Waals surface area contributed by atoms with Crippen molar-refractivity contribution in [1.82, 2.24) is 9.88 Å². The van der Waals surface area contributed by atoms with Gasteiger partial charge in [0.05, 0.1) is 22.2 Å². The molecule has 13 heteroatoms. The van der Waals surface area contributed by atoms with Gasteiger partial charge < -0.3 is 14.6 Å². The molecule has 2 fully saturated rings. The van der Waals surface area contributed by atoms with E-state index in [2.05, 4.69) is 4.98 Å². The number of thioether (sulfide) groups is 1. The van der Waals surface area contributed by atoms with Crippen molar-refractivity contribution < 1.29 is 32.3 Å². The van der Waals surface area contributed by atoms with E-state index in [0.717, 1.165) is 78.5 Å². The first-order valence-electron chi connectivity index (χ1n) is 13.1. The summed E-state index contributed by atoms with van der Waals surface area (Å²) in [6, 6.07) is 10.9. The van der Waals surface area contributed by atoms with Gasteiger partial charge >= 0.3 is 11.0 Å². The summed E-state index contributed by atoms with van der Waals surface area (Å²) < 4.78 is 45.8. The summed E-state index contributed by atoms with van der Waals surface area (Å²) in [7, 11) is 0. The molecule has 0 radical (unpaired) electrons. The molecular weight excluding hydrogens is 579 g/mol. The van der Waals surface area contributed by atoms with Crippen LogP contribution < -0.4 is 14.5 Å². The molecule has 0 aliphatic carbocycles. The number of piperidine rings is 1. The highest BCUT2D eigenvalue weighted by atomic mass is 32.2. The minimum atomic E-state index is -4.64. The lowest BCUT2D eigenvalue weighted by Crippen LogP contribution is -2.38. The Bertz CT molecular complexity index is 1560. The number of halogens is 3. The van der Waals surface area contributed by atoms with Crippen LogP contribution in [0, 0.1) is 5.92 Å². The molecule has 214 valence electrons. The second kappa shape index (κ2) is 10.7. The van der Waals surface area contributed by atoms with Crippen LogP contribution in [0.4, 0.5) is 18.9 Å². The first kappa shape index (κ1) is 27.6. The van der Waals surface area contributed by atoms with Crippen LogP contribution >= 0.6 is 23.1 Å². The second-order valence-electron chi connectivity index (χ2n) is 10.1. The largest absolute Gasteiger partial charge is 0.484 e. The number of carbonyl (C=O) groups is 3. The molecule has 0 spiro atoms. The molecule has 2 aromatic carbocycles. The summed E-state index contributed by atoms with van der Waals surface area (Å²) in [6.45, 7) is 1.33. The number of aromatic nitrogens is 1. The molecule has 0 saturated carbocycles. The van der Waals surface area contributed by atoms with Gasteiger partial charge in [0.2, 0.25) is 11.8 Å². The Morgan fingerprint density at radius 2 is 1.73 bits per heavy atom. The lowest BCUT2D eigenvalue weighted by atomic mass is 9.83. The molecule has 1 aromatic heterocycles. The monoisotopic (exact) mass is 603 g/mol. The molecule has 0 bridgehead atoms. The third-order valence-electron chi connectivity index (χ3n) is 7.57. The van der Waals surface area contributed by atoms with Crippen molar-refractivity contribution in [3.63, 3.8) is 0 Å². The lowest BCUT2D eigenvalue weighted by molar-refractivity contribution is -0.137. The van der Waals surface area contributed by atoms with Gasteiger partial charge in [-0.2, -0.15) is 13.2 Å². The van der Waals surface area contributed by atoms with Crippen LogP contribution in [-0.2, 0) is 20.6 Å². The predicted octanol–water partition coefficient (Wildman–Crippen LogP) is 4.64. The number of carbonyl (C=O) groups excluding carboxylic acids is 3. The second-order valence-corrected chi connectivity index (χ2v) is 12.3. The zero-order valence-corrected chi connectivity index (χ0v) is 23.1. The Kier molecular flexibility index (Phi) is 7.18. The third-order valence-corrected chi connectivity index (χ3v) is 9.97. The van der Waals surface area contributed by atoms with Crippen LogP contribution in [0.15, 0.2) is 58.4 Å². The van der Waals surface area contributed by atoms with Crippen molar-refractivity contribution in [3.8, 4) is 5.75 Å². The van der Waals surface area contributed by atoms with E-state index in [1.807, 2.05) is 0 Å². The zero-order chi connectivity index (χ0) is 28.9. The summed E-state index contributed by atoms with van der Waals surface area (Å²) in [5, 5.41) is -0.469. The summed E-state index contributed by atoms with van der Waals surface area (Å²) in [4.78, 5) is 57.6. The number of ether oxygens (including phenoxy) is 1. The van der Waals surface area contributed by atoms with E-state index in [9.17, 15) is 32.3 Å². The van der Waals surface area contributed by atoms with Crippen LogP contribution in [0.5, 0.6) is 5.75 Å². The number of benzene rings is 2. The fraction of sp³-hybridized carbons (Fsp3) is 0.357. The van der Waals surface area contributed by atoms with Gasteiger partial charge in [0.15, 0.2) is 6.61 Å². The molecular formula is C28H24F3N3O5S2. The third kappa shape index (κ3) is 5.16. The van der Waals surface area contributed by atoms with Crippen molar-refractivity contribution in [2.75, 3.05) is 24.6 Å². The quantitative estimate of drug-likeness (QED) is 0.427. The van der Waals surface area contributed by atoms with Gasteiger partial charge in [0.1, 0.15) is 11.0 Å². The van der Waals surface area contributed by atoms with E-state index >= 15 is 0 Å². The van der Waals surface area contributed by atoms with Gasteiger partial charge in [0.25, 0.3) is 5.91 Å². The standard InChI is InChI=1S/C28H24F3N3O5S2/c29-28(30,31)16-5-4-6-17(13-16)34-25(36)21-20(22-24(32-27(38)41-22)40-23(21)26(34)37)15-7-9-18(10-8-15)39-14-19(35)33-11-2-1-3-12-33/h4-10,13,20-21,23H,1-3,11-12,14H2,(H,32,38)/t20-,21?,23?/m1/s1. The number of alkyl halides is 3. The first-order chi connectivity index (χ1) is 19.6. The highest BCUT2D eigenvalue weighted by molar-refractivity contribution is 8.00. The smallest absolute Gasteiger partial charge is 0.416 e. The lowest BCUT2D eigenvalue weighted by Gasteiger charge is -2.30. The summed E-state index contributed by atoms with van der Waals surface area (Å²) in [6.07, 6.45) is -1.58. The van der Waals surface area contributed by atoms with Gasteiger partial charge in [-0.1, -0.05) is 41.3 Å². The van der Waals surface area contributed by atoms with E-state index in [-0.39, 0.29) is 23.1 Å². The number of H-pyrrole nitrogens is 1. The Labute approximate surface area is 240 Å². The molecule has 2 saturated heterocycles. The molecule has 3 aromatic rings. The molecule has 1 N–H and O–H groups in total. The maximum Gasteiger partial charge on any atom is 0.416 e. The number of nitrogens with one attached hydrogen (secondary N) is 1. The number of anilines is 1. The van der Waals surface area contributed by atoms with Gasteiger partial charge in [0, 0.05) is 23.9 Å². The number of amides is 3. The van der Waals surface area contributed by atoms with Gasteiger partial charge in [-0.15, -0.1) is 0 Å². The van der Waals surface area contributed by atoms with Gasteiger partial charge in [-0.3, -0.25) is 19.2 Å². The molecule has 3 amide bonds. The minimum Gasteiger partial charge on any atom is -0.484 e. The van der Waals surface area contributed by atoms with Gasteiger partial charge in [-0.05, 0) is 55.2 Å². The summed E-state index contributed by atoms with van der Waals surface area (Å²) >= 11 is 1.99. The molecule has 6 rings (SSSR count). The number of rotatable bonds is 5. The van der Waals surface area contributed by atoms with E-state index in [4.69, 9.17) is 4.74 Å². The Morgan fingerprint density at radius 1 is 1.00 bits per heavy atom. The summed E-state index contributed by atoms with van der Waals surface area (Å²) in [5.74, 6) is -2.53. The number of fused-ring (bicyclic) bond motifs is 2. The SMILES string of the molecule is O=C(COc1ccc([C@H]2c3sc(=O)[nH]c3SC3C(=O)N(c4cccc(C(F)(F)F)c4)C(=O)C32)cc1)N1CCCCC1. The number of imide groups is 1. The Balaban J connectivity index is 1.28. The number of hydrogen-bond donors (Lipinski definition) is 1. The molecule has 3 atom stereocenters. The molecule has 3 aliphatic rings. The number of aromatic amines is 1. The fourth-order valence-corrected chi connectivity index (χ4v) is 8.12. The van der Waals surface area contributed by atoms with Crippen molar-refractivity contribution in [2.45, 2.75) is 41.6 Å². The molecule has 3 aliphatic heterocycles. The average molecular weight is 604 g/mol. The summed E-state index contributed by atoms with van der Waals surface area (Å²) in [5.41, 5.74) is -0.478. The maximum absolute atomic E-state index is 13.8. The van der Waals surface area contributed by atoms with Gasteiger partial charge in [-0.25, -0.2) is 4.90 Å². The Morgan fingerprint density at radius 3 is 2.44 bits per heavy atom.